The molecule has 0 aliphatic carbocycles. The van der Waals surface area contributed by atoms with Gasteiger partial charge in [0, 0.05) is 30.2 Å². The first-order chi connectivity index (χ1) is 10.9. The second kappa shape index (κ2) is 6.46. The third kappa shape index (κ3) is 4.21. The van der Waals surface area contributed by atoms with Crippen molar-refractivity contribution in [3.63, 3.8) is 0 Å². The van der Waals surface area contributed by atoms with E-state index in [4.69, 9.17) is 16.0 Å². The molecule has 1 aliphatic heterocycles. The Morgan fingerprint density at radius 3 is 3.00 bits per heavy atom. The Balaban J connectivity index is 1.65. The predicted molar refractivity (Wildman–Crippen MR) is 87.9 cm³/mol. The molecular weight excluding hydrogens is 340 g/mol. The summed E-state index contributed by atoms with van der Waals surface area (Å²) in [5, 5.41) is 8.74. The van der Waals surface area contributed by atoms with Crippen LogP contribution in [-0.4, -0.2) is 44.5 Å². The number of rotatable bonds is 5. The third-order valence-electron chi connectivity index (χ3n) is 3.68. The first-order valence-electron chi connectivity index (χ1n) is 7.20. The average molecular weight is 357 g/mol. The topological polar surface area (TPSA) is 88.3 Å². The summed E-state index contributed by atoms with van der Waals surface area (Å²) >= 11 is 5.96. The second-order valence-corrected chi connectivity index (χ2v) is 7.89. The lowest BCUT2D eigenvalue weighted by molar-refractivity contribution is 0.534. The maximum absolute atomic E-state index is 11.2. The van der Waals surface area contributed by atoms with E-state index in [0.717, 1.165) is 24.8 Å². The highest BCUT2D eigenvalue weighted by Crippen LogP contribution is 2.27. The van der Waals surface area contributed by atoms with Crippen molar-refractivity contribution in [3.05, 3.63) is 29.3 Å². The van der Waals surface area contributed by atoms with Crippen LogP contribution in [0.2, 0.25) is 5.02 Å². The summed E-state index contributed by atoms with van der Waals surface area (Å²) in [6.07, 6.45) is 2.03. The molecule has 1 aromatic heterocycles. The van der Waals surface area contributed by atoms with Crippen molar-refractivity contribution in [1.82, 2.24) is 14.9 Å². The Bertz CT molecular complexity index is 793. The van der Waals surface area contributed by atoms with Gasteiger partial charge < -0.3 is 9.32 Å². The molecule has 0 radical (unpaired) electrons. The molecule has 2 heterocycles. The zero-order valence-corrected chi connectivity index (χ0v) is 14.1. The highest BCUT2D eigenvalue weighted by molar-refractivity contribution is 7.88. The molecule has 1 atom stereocenters. The number of hydrogen-bond acceptors (Lipinski definition) is 6. The smallest absolute Gasteiger partial charge is 0.318 e. The fourth-order valence-electron chi connectivity index (χ4n) is 2.52. The molecule has 0 spiro atoms. The van der Waals surface area contributed by atoms with Crippen molar-refractivity contribution in [2.75, 3.05) is 30.8 Å². The first-order valence-corrected chi connectivity index (χ1v) is 9.47. The predicted octanol–water partition coefficient (Wildman–Crippen LogP) is 1.77. The quantitative estimate of drug-likeness (QED) is 0.878. The van der Waals surface area contributed by atoms with E-state index in [1.165, 1.54) is 0 Å². The summed E-state index contributed by atoms with van der Waals surface area (Å²) in [4.78, 5) is 1.97. The molecule has 1 unspecified atom stereocenters. The van der Waals surface area contributed by atoms with Gasteiger partial charge in [0.05, 0.1) is 6.26 Å². The van der Waals surface area contributed by atoms with Crippen molar-refractivity contribution in [3.8, 4) is 11.5 Å². The number of hydrogen-bond donors (Lipinski definition) is 1. The third-order valence-corrected chi connectivity index (χ3v) is 4.60. The van der Waals surface area contributed by atoms with Crippen molar-refractivity contribution in [2.24, 2.45) is 5.92 Å². The van der Waals surface area contributed by atoms with E-state index >= 15 is 0 Å². The molecule has 1 aliphatic rings. The molecule has 0 amide bonds. The van der Waals surface area contributed by atoms with Gasteiger partial charge in [0.2, 0.25) is 15.9 Å². The van der Waals surface area contributed by atoms with Crippen LogP contribution < -0.4 is 9.62 Å². The van der Waals surface area contributed by atoms with Crippen LogP contribution in [0.4, 0.5) is 6.01 Å². The van der Waals surface area contributed by atoms with Gasteiger partial charge in [-0.05, 0) is 30.5 Å². The first kappa shape index (κ1) is 16.2. The molecule has 23 heavy (non-hydrogen) atoms. The summed E-state index contributed by atoms with van der Waals surface area (Å²) in [5.41, 5.74) is 0.769. The van der Waals surface area contributed by atoms with Gasteiger partial charge in [-0.25, -0.2) is 13.1 Å². The van der Waals surface area contributed by atoms with Crippen molar-refractivity contribution >= 4 is 27.6 Å². The molecule has 0 saturated carbocycles. The average Bonchev–Trinajstić information content (AvgIpc) is 3.13. The number of anilines is 1. The van der Waals surface area contributed by atoms with E-state index in [2.05, 4.69) is 14.9 Å². The van der Waals surface area contributed by atoms with E-state index in [0.29, 0.717) is 30.0 Å². The lowest BCUT2D eigenvalue weighted by atomic mass is 10.1. The molecule has 7 nitrogen and oxygen atoms in total. The number of nitrogens with zero attached hydrogens (tertiary/aromatic N) is 3. The highest BCUT2D eigenvalue weighted by Gasteiger charge is 2.27. The van der Waals surface area contributed by atoms with Crippen molar-refractivity contribution < 1.29 is 12.8 Å². The Kier molecular flexibility index (Phi) is 4.56. The highest BCUT2D eigenvalue weighted by atomic mass is 35.5. The maximum Gasteiger partial charge on any atom is 0.318 e. The van der Waals surface area contributed by atoms with Crippen LogP contribution in [0, 0.1) is 5.92 Å². The summed E-state index contributed by atoms with van der Waals surface area (Å²) in [7, 11) is -3.16. The second-order valence-electron chi connectivity index (χ2n) is 5.62. The monoisotopic (exact) mass is 356 g/mol. The van der Waals surface area contributed by atoms with Gasteiger partial charge in [0.25, 0.3) is 0 Å². The SMILES string of the molecule is CS(=O)(=O)NCC1CCN(c2nnc(-c3cccc(Cl)c3)o2)C1. The van der Waals surface area contributed by atoms with Crippen LogP contribution in [0.25, 0.3) is 11.5 Å². The fourth-order valence-corrected chi connectivity index (χ4v) is 3.25. The van der Waals surface area contributed by atoms with E-state index in [-0.39, 0.29) is 5.92 Å². The molecule has 0 bridgehead atoms. The van der Waals surface area contributed by atoms with E-state index in [9.17, 15) is 8.42 Å². The Hall–Kier alpha value is -1.64. The van der Waals surface area contributed by atoms with Crippen LogP contribution in [0.5, 0.6) is 0 Å². The number of sulfonamides is 1. The van der Waals surface area contributed by atoms with Crippen LogP contribution in [0.3, 0.4) is 0 Å². The molecular formula is C14H17ClN4O3S. The Morgan fingerprint density at radius 2 is 2.26 bits per heavy atom. The fraction of sp³-hybridized carbons (Fsp3) is 0.429. The number of aromatic nitrogens is 2. The zero-order chi connectivity index (χ0) is 16.4. The maximum atomic E-state index is 11.2. The van der Waals surface area contributed by atoms with E-state index in [1.807, 2.05) is 17.0 Å². The Morgan fingerprint density at radius 1 is 1.43 bits per heavy atom. The lowest BCUT2D eigenvalue weighted by Gasteiger charge is -2.13. The van der Waals surface area contributed by atoms with Gasteiger partial charge in [-0.15, -0.1) is 5.10 Å². The minimum absolute atomic E-state index is 0.228. The standard InChI is InChI=1S/C14H17ClN4O3S/c1-23(20,21)16-8-10-5-6-19(9-10)14-18-17-13(22-14)11-3-2-4-12(15)7-11/h2-4,7,10,16H,5-6,8-9H2,1H3. The number of nitrogens with one attached hydrogen (secondary N) is 1. The van der Waals surface area contributed by atoms with Crippen LogP contribution in [-0.2, 0) is 10.0 Å². The normalized spacial score (nSPS) is 18.5. The van der Waals surface area contributed by atoms with Crippen molar-refractivity contribution in [1.29, 1.82) is 0 Å². The van der Waals surface area contributed by atoms with E-state index in [1.54, 1.807) is 12.1 Å². The lowest BCUT2D eigenvalue weighted by Crippen LogP contribution is -2.30. The van der Waals surface area contributed by atoms with Gasteiger partial charge in [0.15, 0.2) is 0 Å². The Labute approximate surface area is 139 Å². The molecule has 3 rings (SSSR count). The van der Waals surface area contributed by atoms with Crippen molar-refractivity contribution in [2.45, 2.75) is 6.42 Å². The molecule has 2 aromatic rings. The van der Waals surface area contributed by atoms with Gasteiger partial charge in [-0.1, -0.05) is 22.8 Å². The van der Waals surface area contributed by atoms with E-state index < -0.39 is 10.0 Å². The molecule has 124 valence electrons. The summed E-state index contributed by atoms with van der Waals surface area (Å²) in [6.45, 7) is 1.86. The molecule has 9 heteroatoms. The van der Waals surface area contributed by atoms with Gasteiger partial charge in [-0.3, -0.25) is 0 Å². The van der Waals surface area contributed by atoms with Crippen LogP contribution >= 0.6 is 11.6 Å². The molecule has 1 fully saturated rings. The molecule has 1 N–H and O–H groups in total. The molecule has 1 aromatic carbocycles. The van der Waals surface area contributed by atoms with Gasteiger partial charge in [0.1, 0.15) is 0 Å². The minimum atomic E-state index is -3.16. The summed E-state index contributed by atoms with van der Waals surface area (Å²) in [6, 6.07) is 7.67. The minimum Gasteiger partial charge on any atom is -0.403 e. The van der Waals surface area contributed by atoms with Gasteiger partial charge >= 0.3 is 6.01 Å². The van der Waals surface area contributed by atoms with Crippen LogP contribution in [0.1, 0.15) is 6.42 Å². The largest absolute Gasteiger partial charge is 0.403 e. The van der Waals surface area contributed by atoms with Crippen LogP contribution in [0.15, 0.2) is 28.7 Å². The molecule has 1 saturated heterocycles. The zero-order valence-electron chi connectivity index (χ0n) is 12.6. The number of benzene rings is 1. The summed E-state index contributed by atoms with van der Waals surface area (Å²) in [5.74, 6) is 0.645. The summed E-state index contributed by atoms with van der Waals surface area (Å²) < 4.78 is 30.5. The number of halogens is 1. The van der Waals surface area contributed by atoms with Gasteiger partial charge in [-0.2, -0.15) is 0 Å².